The van der Waals surface area contributed by atoms with Gasteiger partial charge in [-0.25, -0.2) is 19.7 Å². The van der Waals surface area contributed by atoms with E-state index in [0.717, 1.165) is 29.9 Å². The number of fused-ring (bicyclic) bond motifs is 4. The van der Waals surface area contributed by atoms with Crippen molar-refractivity contribution in [2.24, 2.45) is 0 Å². The molecule has 2 N–H and O–H groups in total. The first kappa shape index (κ1) is 26.1. The number of carbonyl (C=O) groups is 1. The summed E-state index contributed by atoms with van der Waals surface area (Å²) in [7, 11) is 0. The standard InChI is InChI=1S/C26H30ClN7O4/c1-16-11-17(5-7-28-16)23-19(27)12-20-24(32-23)34(18-6-8-33(20)14-18)25(35)31-21-13-22(30-15-29-21)37-9-4-10-38-26(2,3)36/h5,7,11-13,15,18,36H,4,6,8-10,14H2,1-3H3,(H,29,30,31,35)/t18-/m1/s1. The highest BCUT2D eigenvalue weighted by atomic mass is 35.5. The van der Waals surface area contributed by atoms with E-state index in [0.29, 0.717) is 54.4 Å². The molecule has 1 saturated heterocycles. The van der Waals surface area contributed by atoms with Gasteiger partial charge in [-0.2, -0.15) is 0 Å². The molecule has 3 aromatic heterocycles. The van der Waals surface area contributed by atoms with Gasteiger partial charge in [-0.3, -0.25) is 15.2 Å². The first-order chi connectivity index (χ1) is 18.2. The Bertz CT molecular complexity index is 1330. The summed E-state index contributed by atoms with van der Waals surface area (Å²) in [5.74, 6) is 0.00886. The molecule has 2 aliphatic heterocycles. The fourth-order valence-electron chi connectivity index (χ4n) is 4.60. The molecule has 11 nitrogen and oxygen atoms in total. The molecule has 5 heterocycles. The van der Waals surface area contributed by atoms with Crippen LogP contribution in [0, 0.1) is 6.92 Å². The third kappa shape index (κ3) is 5.79. The van der Waals surface area contributed by atoms with Crippen molar-refractivity contribution in [2.45, 2.75) is 45.4 Å². The monoisotopic (exact) mass is 539 g/mol. The summed E-state index contributed by atoms with van der Waals surface area (Å²) < 4.78 is 10.9. The quantitative estimate of drug-likeness (QED) is 0.322. The van der Waals surface area contributed by atoms with E-state index in [1.54, 1.807) is 31.0 Å². The average Bonchev–Trinajstić information content (AvgIpc) is 3.28. The van der Waals surface area contributed by atoms with E-state index in [4.69, 9.17) is 26.1 Å². The second-order valence-electron chi connectivity index (χ2n) is 9.77. The number of anilines is 3. The molecule has 1 fully saturated rings. The fraction of sp³-hybridized carbons (Fsp3) is 0.423. The largest absolute Gasteiger partial charge is 0.477 e. The minimum absolute atomic E-state index is 0.0310. The van der Waals surface area contributed by atoms with Gasteiger partial charge in [0.05, 0.1) is 35.7 Å². The second kappa shape index (κ2) is 10.7. The SMILES string of the molecule is Cc1cc(-c2nc3c(cc2Cl)N2CC[C@H](C2)N3C(=O)Nc2cc(OCCCOC(C)(C)O)ncn2)ccn1. The van der Waals surface area contributed by atoms with Crippen LogP contribution in [0.1, 0.15) is 32.4 Å². The number of nitrogens with zero attached hydrogens (tertiary/aromatic N) is 6. The van der Waals surface area contributed by atoms with Gasteiger partial charge >= 0.3 is 6.03 Å². The van der Waals surface area contributed by atoms with Gasteiger partial charge < -0.3 is 19.5 Å². The summed E-state index contributed by atoms with van der Waals surface area (Å²) in [4.78, 5) is 34.9. The van der Waals surface area contributed by atoms with E-state index in [2.05, 4.69) is 25.2 Å². The summed E-state index contributed by atoms with van der Waals surface area (Å²) in [5.41, 5.74) is 3.11. The first-order valence-corrected chi connectivity index (χ1v) is 12.9. The summed E-state index contributed by atoms with van der Waals surface area (Å²) in [6.07, 6.45) is 4.43. The van der Waals surface area contributed by atoms with Crippen molar-refractivity contribution in [1.29, 1.82) is 0 Å². The number of rotatable bonds is 8. The molecule has 2 aliphatic rings. The maximum absolute atomic E-state index is 13.6. The van der Waals surface area contributed by atoms with Gasteiger partial charge in [-0.05, 0) is 45.4 Å². The van der Waals surface area contributed by atoms with Gasteiger partial charge in [-0.1, -0.05) is 11.6 Å². The van der Waals surface area contributed by atoms with Crippen LogP contribution in [0.4, 0.5) is 22.1 Å². The highest BCUT2D eigenvalue weighted by Gasteiger charge is 2.41. The van der Waals surface area contributed by atoms with Gasteiger partial charge in [0.1, 0.15) is 12.1 Å². The molecule has 0 saturated carbocycles. The molecule has 1 atom stereocenters. The Kier molecular flexibility index (Phi) is 7.33. The third-order valence-corrected chi connectivity index (χ3v) is 6.58. The highest BCUT2D eigenvalue weighted by Crippen LogP contribution is 2.43. The highest BCUT2D eigenvalue weighted by molar-refractivity contribution is 6.33. The van der Waals surface area contributed by atoms with E-state index in [-0.39, 0.29) is 12.1 Å². The normalized spacial score (nSPS) is 16.4. The van der Waals surface area contributed by atoms with Gasteiger partial charge in [0.25, 0.3) is 0 Å². The lowest BCUT2D eigenvalue weighted by Crippen LogP contribution is -2.48. The maximum Gasteiger partial charge on any atom is 0.329 e. The second-order valence-corrected chi connectivity index (χ2v) is 10.2. The van der Waals surface area contributed by atoms with Crippen LogP contribution >= 0.6 is 11.6 Å². The lowest BCUT2D eigenvalue weighted by molar-refractivity contribution is -0.176. The van der Waals surface area contributed by atoms with Crippen LogP contribution < -0.4 is 19.9 Å². The summed E-state index contributed by atoms with van der Waals surface area (Å²) in [6, 6.07) is 6.86. The predicted octanol–water partition coefficient (Wildman–Crippen LogP) is 4.04. The fourth-order valence-corrected chi connectivity index (χ4v) is 4.85. The van der Waals surface area contributed by atoms with Crippen molar-refractivity contribution < 1.29 is 19.4 Å². The molecular weight excluding hydrogens is 510 g/mol. The van der Waals surface area contributed by atoms with Crippen LogP contribution in [-0.4, -0.2) is 69.2 Å². The van der Waals surface area contributed by atoms with Gasteiger partial charge in [0.15, 0.2) is 11.6 Å². The number of hydrogen-bond acceptors (Lipinski definition) is 9. The van der Waals surface area contributed by atoms with Crippen LogP contribution in [0.5, 0.6) is 5.88 Å². The Morgan fingerprint density at radius 2 is 2.08 bits per heavy atom. The zero-order chi connectivity index (χ0) is 26.9. The lowest BCUT2D eigenvalue weighted by atomic mass is 10.1. The molecule has 200 valence electrons. The smallest absolute Gasteiger partial charge is 0.329 e. The topological polar surface area (TPSA) is 126 Å². The third-order valence-electron chi connectivity index (χ3n) is 6.29. The Hall–Kier alpha value is -3.54. The summed E-state index contributed by atoms with van der Waals surface area (Å²) in [5, 5.41) is 13.0. The zero-order valence-corrected chi connectivity index (χ0v) is 22.3. The Labute approximate surface area is 225 Å². The Morgan fingerprint density at radius 3 is 2.87 bits per heavy atom. The zero-order valence-electron chi connectivity index (χ0n) is 21.5. The van der Waals surface area contributed by atoms with Gasteiger partial charge in [-0.15, -0.1) is 0 Å². The van der Waals surface area contributed by atoms with Crippen LogP contribution in [-0.2, 0) is 4.74 Å². The van der Waals surface area contributed by atoms with Crippen molar-refractivity contribution in [2.75, 3.05) is 41.4 Å². The number of amides is 2. The van der Waals surface area contributed by atoms with Crippen molar-refractivity contribution in [1.82, 2.24) is 19.9 Å². The molecule has 0 unspecified atom stereocenters. The molecule has 2 amide bonds. The van der Waals surface area contributed by atoms with Crippen molar-refractivity contribution in [3.63, 3.8) is 0 Å². The van der Waals surface area contributed by atoms with E-state index in [1.807, 2.05) is 25.1 Å². The average molecular weight is 540 g/mol. The minimum atomic E-state index is -1.19. The van der Waals surface area contributed by atoms with Gasteiger partial charge in [0, 0.05) is 43.0 Å². The molecule has 0 aromatic carbocycles. The number of aromatic nitrogens is 4. The molecule has 5 rings (SSSR count). The van der Waals surface area contributed by atoms with E-state index in [1.165, 1.54) is 6.33 Å². The van der Waals surface area contributed by atoms with E-state index < -0.39 is 5.79 Å². The number of pyridine rings is 2. The molecule has 38 heavy (non-hydrogen) atoms. The predicted molar refractivity (Wildman–Crippen MR) is 144 cm³/mol. The molecule has 0 spiro atoms. The van der Waals surface area contributed by atoms with Crippen LogP contribution in [0.25, 0.3) is 11.3 Å². The molecule has 12 heteroatoms. The number of ether oxygens (including phenoxy) is 2. The summed E-state index contributed by atoms with van der Waals surface area (Å²) in [6.45, 7) is 7.24. The number of carbonyl (C=O) groups excluding carboxylic acids is 1. The molecule has 0 radical (unpaired) electrons. The number of aryl methyl sites for hydroxylation is 1. The van der Waals surface area contributed by atoms with E-state index in [9.17, 15) is 9.90 Å². The van der Waals surface area contributed by atoms with Gasteiger partial charge in [0.2, 0.25) is 5.88 Å². The minimum Gasteiger partial charge on any atom is -0.477 e. The Morgan fingerprint density at radius 1 is 1.24 bits per heavy atom. The number of urea groups is 1. The first-order valence-electron chi connectivity index (χ1n) is 12.5. The molecule has 3 aromatic rings. The molecular formula is C26H30ClN7O4. The molecule has 0 aliphatic carbocycles. The van der Waals surface area contributed by atoms with Crippen molar-refractivity contribution in [3.8, 4) is 17.1 Å². The van der Waals surface area contributed by atoms with Crippen LogP contribution in [0.3, 0.4) is 0 Å². The Balaban J connectivity index is 1.33. The van der Waals surface area contributed by atoms with E-state index >= 15 is 0 Å². The number of aliphatic hydroxyl groups is 1. The maximum atomic E-state index is 13.6. The van der Waals surface area contributed by atoms with Crippen LogP contribution in [0.2, 0.25) is 5.02 Å². The van der Waals surface area contributed by atoms with Crippen molar-refractivity contribution in [3.05, 3.63) is 47.5 Å². The number of hydrogen-bond donors (Lipinski definition) is 2. The van der Waals surface area contributed by atoms with Crippen molar-refractivity contribution >= 4 is 35.0 Å². The number of halogens is 1. The number of nitrogens with one attached hydrogen (secondary N) is 1. The van der Waals surface area contributed by atoms with Crippen LogP contribution in [0.15, 0.2) is 36.8 Å². The molecule has 2 bridgehead atoms. The summed E-state index contributed by atoms with van der Waals surface area (Å²) >= 11 is 6.66. The lowest BCUT2D eigenvalue weighted by Gasteiger charge is -2.36.